The van der Waals surface area contributed by atoms with Crippen LogP contribution in [0.15, 0.2) is 61.1 Å². The first-order chi connectivity index (χ1) is 14.3. The van der Waals surface area contributed by atoms with E-state index in [4.69, 9.17) is 4.74 Å². The van der Waals surface area contributed by atoms with Crippen molar-refractivity contribution in [3.63, 3.8) is 0 Å². The lowest BCUT2D eigenvalue weighted by molar-refractivity contribution is 0.398. The molecule has 4 aromatic heterocycles. The van der Waals surface area contributed by atoms with Crippen LogP contribution in [-0.4, -0.2) is 42.0 Å². The molecule has 0 aliphatic carbocycles. The predicted molar refractivity (Wildman–Crippen MR) is 108 cm³/mol. The second kappa shape index (κ2) is 7.12. The zero-order chi connectivity index (χ0) is 19.6. The van der Waals surface area contributed by atoms with Gasteiger partial charge in [-0.15, -0.1) is 5.10 Å². The van der Waals surface area contributed by atoms with Crippen molar-refractivity contribution >= 4 is 33.7 Å². The number of hydrogen-bond donors (Lipinski definition) is 1. The highest BCUT2D eigenvalue weighted by molar-refractivity contribution is 5.79. The summed E-state index contributed by atoms with van der Waals surface area (Å²) in [5, 5.41) is 12.6. The average molecular weight is 384 g/mol. The van der Waals surface area contributed by atoms with Crippen molar-refractivity contribution in [2.24, 2.45) is 0 Å². The fourth-order valence-corrected chi connectivity index (χ4v) is 3.07. The Balaban J connectivity index is 1.45. The first kappa shape index (κ1) is 17.0. The molecule has 0 aliphatic heterocycles. The van der Waals surface area contributed by atoms with E-state index in [-0.39, 0.29) is 0 Å². The number of aromatic nitrogens is 7. The molecule has 0 bridgehead atoms. The van der Waals surface area contributed by atoms with Crippen LogP contribution >= 0.6 is 0 Å². The topological polar surface area (TPSA) is 104 Å². The van der Waals surface area contributed by atoms with Gasteiger partial charge in [-0.05, 0) is 29.8 Å². The normalized spacial score (nSPS) is 11.1. The number of ether oxygens (including phenoxy) is 1. The van der Waals surface area contributed by atoms with Crippen LogP contribution in [0.25, 0.3) is 22.2 Å². The SMILES string of the molecule is COc1cc(Nc2cnc3nnn(Cc4ccc5ncccc5c4)c3n2)ccn1. The highest BCUT2D eigenvalue weighted by Crippen LogP contribution is 2.20. The van der Waals surface area contributed by atoms with Gasteiger partial charge in [0.25, 0.3) is 0 Å². The maximum Gasteiger partial charge on any atom is 0.221 e. The van der Waals surface area contributed by atoms with Gasteiger partial charge >= 0.3 is 0 Å². The summed E-state index contributed by atoms with van der Waals surface area (Å²) in [6.07, 6.45) is 5.07. The quantitative estimate of drug-likeness (QED) is 0.493. The first-order valence-electron chi connectivity index (χ1n) is 8.95. The van der Waals surface area contributed by atoms with Gasteiger partial charge in [0, 0.05) is 29.5 Å². The van der Waals surface area contributed by atoms with Gasteiger partial charge in [-0.3, -0.25) is 4.98 Å². The standard InChI is InChI=1S/C20H16N8O/c1-29-18-10-15(6-8-22-18)24-17-11-23-19-20(25-17)28(27-26-19)12-13-4-5-16-14(9-13)3-2-7-21-16/h2-11H,12H2,1H3,(H,22,24,25). The lowest BCUT2D eigenvalue weighted by atomic mass is 10.1. The van der Waals surface area contributed by atoms with Gasteiger partial charge in [-0.2, -0.15) is 0 Å². The zero-order valence-electron chi connectivity index (χ0n) is 15.5. The van der Waals surface area contributed by atoms with Gasteiger partial charge in [-0.1, -0.05) is 17.3 Å². The van der Waals surface area contributed by atoms with Crippen molar-refractivity contribution in [3.05, 3.63) is 66.6 Å². The van der Waals surface area contributed by atoms with E-state index in [1.54, 1.807) is 36.4 Å². The number of rotatable bonds is 5. The van der Waals surface area contributed by atoms with Crippen LogP contribution < -0.4 is 10.1 Å². The first-order valence-corrected chi connectivity index (χ1v) is 8.95. The van der Waals surface area contributed by atoms with E-state index in [0.29, 0.717) is 29.5 Å². The highest BCUT2D eigenvalue weighted by Gasteiger charge is 2.10. The zero-order valence-corrected chi connectivity index (χ0v) is 15.5. The van der Waals surface area contributed by atoms with Crippen LogP contribution in [0.2, 0.25) is 0 Å². The Hall–Kier alpha value is -4.14. The molecule has 0 spiro atoms. The minimum Gasteiger partial charge on any atom is -0.481 e. The van der Waals surface area contributed by atoms with Crippen LogP contribution in [0.1, 0.15) is 5.56 Å². The summed E-state index contributed by atoms with van der Waals surface area (Å²) in [5.41, 5.74) is 3.93. The molecule has 0 amide bonds. The molecule has 0 atom stereocenters. The van der Waals surface area contributed by atoms with E-state index in [1.807, 2.05) is 30.3 Å². The second-order valence-corrected chi connectivity index (χ2v) is 6.39. The number of nitrogens with zero attached hydrogens (tertiary/aromatic N) is 7. The van der Waals surface area contributed by atoms with Crippen LogP contribution in [0.4, 0.5) is 11.5 Å². The minimum atomic E-state index is 0.491. The molecule has 0 radical (unpaired) electrons. The van der Waals surface area contributed by atoms with Crippen molar-refractivity contribution in [1.29, 1.82) is 0 Å². The van der Waals surface area contributed by atoms with Crippen molar-refractivity contribution in [2.75, 3.05) is 12.4 Å². The van der Waals surface area contributed by atoms with E-state index in [1.165, 1.54) is 0 Å². The summed E-state index contributed by atoms with van der Waals surface area (Å²) in [7, 11) is 1.57. The number of anilines is 2. The number of methoxy groups -OCH3 is 1. The van der Waals surface area contributed by atoms with E-state index in [2.05, 4.69) is 41.6 Å². The average Bonchev–Trinajstić information content (AvgIpc) is 3.16. The lowest BCUT2D eigenvalue weighted by Crippen LogP contribution is -2.04. The van der Waals surface area contributed by atoms with Crippen molar-refractivity contribution in [2.45, 2.75) is 6.54 Å². The molecule has 142 valence electrons. The summed E-state index contributed by atoms with van der Waals surface area (Å²) in [6.45, 7) is 0.530. The second-order valence-electron chi connectivity index (χ2n) is 6.39. The molecule has 9 heteroatoms. The molecule has 5 rings (SSSR count). The third-order valence-electron chi connectivity index (χ3n) is 4.44. The van der Waals surface area contributed by atoms with Crippen LogP contribution in [0, 0.1) is 0 Å². The van der Waals surface area contributed by atoms with Crippen molar-refractivity contribution in [1.82, 2.24) is 34.9 Å². The molecule has 4 heterocycles. The van der Waals surface area contributed by atoms with Crippen LogP contribution in [0.5, 0.6) is 5.88 Å². The minimum absolute atomic E-state index is 0.491. The number of fused-ring (bicyclic) bond motifs is 2. The summed E-state index contributed by atoms with van der Waals surface area (Å²) in [5.74, 6) is 1.10. The Morgan fingerprint density at radius 3 is 2.93 bits per heavy atom. The molecule has 0 aliphatic rings. The largest absolute Gasteiger partial charge is 0.481 e. The third kappa shape index (κ3) is 3.41. The number of benzene rings is 1. The Labute approximate surface area is 165 Å². The molecule has 1 aromatic carbocycles. The van der Waals surface area contributed by atoms with Gasteiger partial charge in [0.15, 0.2) is 11.5 Å². The van der Waals surface area contributed by atoms with Gasteiger partial charge in [-0.25, -0.2) is 19.6 Å². The number of hydrogen-bond acceptors (Lipinski definition) is 8. The predicted octanol–water partition coefficient (Wildman–Crippen LogP) is 2.97. The van der Waals surface area contributed by atoms with E-state index in [0.717, 1.165) is 22.2 Å². The number of nitrogens with one attached hydrogen (secondary N) is 1. The summed E-state index contributed by atoms with van der Waals surface area (Å²) >= 11 is 0. The van der Waals surface area contributed by atoms with Crippen molar-refractivity contribution < 1.29 is 4.74 Å². The van der Waals surface area contributed by atoms with Gasteiger partial charge in [0.05, 0.1) is 25.4 Å². The molecular weight excluding hydrogens is 368 g/mol. The molecule has 0 saturated carbocycles. The summed E-state index contributed by atoms with van der Waals surface area (Å²) < 4.78 is 6.89. The molecule has 0 saturated heterocycles. The van der Waals surface area contributed by atoms with Gasteiger partial charge in [0.2, 0.25) is 11.5 Å². The molecule has 1 N–H and O–H groups in total. The smallest absolute Gasteiger partial charge is 0.221 e. The Kier molecular flexibility index (Phi) is 4.17. The maximum absolute atomic E-state index is 5.15. The van der Waals surface area contributed by atoms with Gasteiger partial charge < -0.3 is 10.1 Å². The molecule has 5 aromatic rings. The molecule has 0 unspecified atom stereocenters. The van der Waals surface area contributed by atoms with E-state index in [9.17, 15) is 0 Å². The number of pyridine rings is 2. The lowest BCUT2D eigenvalue weighted by Gasteiger charge is -2.07. The Bertz CT molecular complexity index is 1320. The summed E-state index contributed by atoms with van der Waals surface area (Å²) in [6, 6.07) is 13.7. The summed E-state index contributed by atoms with van der Waals surface area (Å²) in [4.78, 5) is 17.4. The van der Waals surface area contributed by atoms with E-state index >= 15 is 0 Å². The molecular formula is C20H16N8O. The van der Waals surface area contributed by atoms with Crippen LogP contribution in [-0.2, 0) is 6.54 Å². The Morgan fingerprint density at radius 1 is 1.03 bits per heavy atom. The molecule has 0 fully saturated rings. The molecule has 9 nitrogen and oxygen atoms in total. The fraction of sp³-hybridized carbons (Fsp3) is 0.100. The third-order valence-corrected chi connectivity index (χ3v) is 4.44. The van der Waals surface area contributed by atoms with Crippen molar-refractivity contribution in [3.8, 4) is 5.88 Å². The van der Waals surface area contributed by atoms with Gasteiger partial charge in [0.1, 0.15) is 0 Å². The highest BCUT2D eigenvalue weighted by atomic mass is 16.5. The Morgan fingerprint density at radius 2 is 2.00 bits per heavy atom. The van der Waals surface area contributed by atoms with Crippen LogP contribution in [0.3, 0.4) is 0 Å². The van der Waals surface area contributed by atoms with E-state index < -0.39 is 0 Å². The fourth-order valence-electron chi connectivity index (χ4n) is 3.07. The molecule has 29 heavy (non-hydrogen) atoms. The maximum atomic E-state index is 5.15. The monoisotopic (exact) mass is 384 g/mol.